The third kappa shape index (κ3) is 2.16. The van der Waals surface area contributed by atoms with Crippen LogP contribution in [0.1, 0.15) is 0 Å². The molecule has 0 unspecified atom stereocenters. The number of aromatic nitrogens is 4. The zero-order chi connectivity index (χ0) is 17.7. The normalized spacial score (nSPS) is 11.4. The van der Waals surface area contributed by atoms with Crippen molar-refractivity contribution in [1.29, 1.82) is 0 Å². The molecule has 2 aromatic heterocycles. The molecule has 5 aromatic rings. The summed E-state index contributed by atoms with van der Waals surface area (Å²) in [6, 6.07) is 19.7. The number of benzene rings is 3. The Morgan fingerprint density at radius 3 is 2.62 bits per heavy atom. The fraction of sp³-hybridized carbons (Fsp3) is 0. The Labute approximate surface area is 147 Å². The van der Waals surface area contributed by atoms with Crippen molar-refractivity contribution in [2.75, 3.05) is 0 Å². The van der Waals surface area contributed by atoms with Crippen LogP contribution in [-0.4, -0.2) is 24.9 Å². The van der Waals surface area contributed by atoms with Crippen LogP contribution in [0.4, 0.5) is 4.39 Å². The van der Waals surface area contributed by atoms with Crippen LogP contribution in [0.15, 0.2) is 66.7 Å². The Kier molecular flexibility index (Phi) is 3.05. The van der Waals surface area contributed by atoms with Gasteiger partial charge in [-0.3, -0.25) is 0 Å². The van der Waals surface area contributed by atoms with E-state index in [4.69, 9.17) is 0 Å². The molecule has 26 heavy (non-hydrogen) atoms. The van der Waals surface area contributed by atoms with Gasteiger partial charge in [-0.2, -0.15) is 5.10 Å². The molecular weight excluding hydrogens is 331 g/mol. The number of phenols is 1. The van der Waals surface area contributed by atoms with Crippen LogP contribution in [-0.2, 0) is 0 Å². The number of aromatic amines is 1. The second-order valence-corrected chi connectivity index (χ2v) is 6.02. The second kappa shape index (κ2) is 5.42. The highest BCUT2D eigenvalue weighted by Gasteiger charge is 2.17. The van der Waals surface area contributed by atoms with Gasteiger partial charge in [0.15, 0.2) is 17.4 Å². The summed E-state index contributed by atoms with van der Waals surface area (Å²) in [4.78, 5) is 7.91. The van der Waals surface area contributed by atoms with Gasteiger partial charge in [-0.15, -0.1) is 0 Å². The predicted octanol–water partition coefficient (Wildman–Crippen LogP) is 4.41. The van der Waals surface area contributed by atoms with Gasteiger partial charge in [0.1, 0.15) is 5.69 Å². The van der Waals surface area contributed by atoms with Crippen molar-refractivity contribution in [3.8, 4) is 23.0 Å². The lowest BCUT2D eigenvalue weighted by molar-refractivity contribution is 0.432. The number of aromatic hydroxyl groups is 1. The average Bonchev–Trinajstić information content (AvgIpc) is 3.25. The Morgan fingerprint density at radius 1 is 0.962 bits per heavy atom. The molecule has 2 heterocycles. The molecule has 0 atom stereocenters. The third-order valence-electron chi connectivity index (χ3n) is 4.38. The average molecular weight is 344 g/mol. The Bertz CT molecular complexity index is 1240. The van der Waals surface area contributed by atoms with Crippen LogP contribution in [0.2, 0.25) is 0 Å². The molecule has 0 fully saturated rings. The molecule has 0 amide bonds. The van der Waals surface area contributed by atoms with Gasteiger partial charge in [0, 0.05) is 11.5 Å². The largest absolute Gasteiger partial charge is 0.505 e. The molecule has 0 radical (unpaired) electrons. The molecule has 3 aromatic carbocycles. The SMILES string of the molecule is Oc1ccc(-n2nc(-c3nc4ccccc4[nH]3)c3ccccc32)cc1F. The van der Waals surface area contributed by atoms with E-state index in [9.17, 15) is 9.50 Å². The molecule has 2 N–H and O–H groups in total. The van der Waals surface area contributed by atoms with Gasteiger partial charge in [-0.05, 0) is 30.3 Å². The molecule has 0 aliphatic heterocycles. The minimum atomic E-state index is -0.688. The maximum atomic E-state index is 13.8. The van der Waals surface area contributed by atoms with Gasteiger partial charge in [0.2, 0.25) is 0 Å². The first-order valence-corrected chi connectivity index (χ1v) is 8.12. The number of nitrogens with zero attached hydrogens (tertiary/aromatic N) is 3. The van der Waals surface area contributed by atoms with E-state index >= 15 is 0 Å². The molecule has 0 aliphatic carbocycles. The first-order chi connectivity index (χ1) is 12.7. The van der Waals surface area contributed by atoms with Gasteiger partial charge in [0.25, 0.3) is 0 Å². The summed E-state index contributed by atoms with van der Waals surface area (Å²) in [6.45, 7) is 0. The Morgan fingerprint density at radius 2 is 1.77 bits per heavy atom. The Balaban J connectivity index is 1.77. The number of hydrogen-bond acceptors (Lipinski definition) is 3. The number of phenolic OH excluding ortho intramolecular Hbond substituents is 1. The van der Waals surface area contributed by atoms with E-state index in [1.54, 1.807) is 10.7 Å². The summed E-state index contributed by atoms with van der Waals surface area (Å²) in [7, 11) is 0. The van der Waals surface area contributed by atoms with Crippen LogP contribution in [0.5, 0.6) is 5.75 Å². The maximum absolute atomic E-state index is 13.8. The van der Waals surface area contributed by atoms with Gasteiger partial charge < -0.3 is 10.1 Å². The van der Waals surface area contributed by atoms with E-state index in [1.807, 2.05) is 48.5 Å². The minimum absolute atomic E-state index is 0.386. The molecule has 0 spiro atoms. The highest BCUT2D eigenvalue weighted by Crippen LogP contribution is 2.30. The third-order valence-corrected chi connectivity index (χ3v) is 4.38. The minimum Gasteiger partial charge on any atom is -0.505 e. The lowest BCUT2D eigenvalue weighted by atomic mass is 10.2. The van der Waals surface area contributed by atoms with Crippen molar-refractivity contribution < 1.29 is 9.50 Å². The molecule has 0 bridgehead atoms. The quantitative estimate of drug-likeness (QED) is 0.498. The molecule has 126 valence electrons. The molecule has 6 heteroatoms. The van der Waals surface area contributed by atoms with Crippen LogP contribution in [0.3, 0.4) is 0 Å². The standard InChI is InChI=1S/C20H13FN4O/c21-14-11-12(9-10-18(14)26)25-17-8-4-1-5-13(17)19(24-25)20-22-15-6-2-3-7-16(15)23-20/h1-11,26H,(H,22,23). The molecular formula is C20H13FN4O. The van der Waals surface area contributed by atoms with Gasteiger partial charge in [0.05, 0.1) is 22.2 Å². The summed E-state index contributed by atoms with van der Waals surface area (Å²) >= 11 is 0. The topological polar surface area (TPSA) is 66.7 Å². The summed E-state index contributed by atoms with van der Waals surface area (Å²) in [5.41, 5.74) is 3.82. The Hall–Kier alpha value is -3.67. The van der Waals surface area contributed by atoms with E-state index in [0.717, 1.165) is 21.9 Å². The lowest BCUT2D eigenvalue weighted by Crippen LogP contribution is -1.97. The monoisotopic (exact) mass is 344 g/mol. The smallest absolute Gasteiger partial charge is 0.166 e. The van der Waals surface area contributed by atoms with Gasteiger partial charge in [-0.1, -0.05) is 30.3 Å². The van der Waals surface area contributed by atoms with E-state index < -0.39 is 5.82 Å². The molecule has 0 saturated carbocycles. The van der Waals surface area contributed by atoms with Crippen molar-refractivity contribution in [3.05, 3.63) is 72.5 Å². The van der Waals surface area contributed by atoms with Crippen LogP contribution < -0.4 is 0 Å². The van der Waals surface area contributed by atoms with Crippen molar-refractivity contribution in [1.82, 2.24) is 19.7 Å². The van der Waals surface area contributed by atoms with Crippen LogP contribution >= 0.6 is 0 Å². The fourth-order valence-corrected chi connectivity index (χ4v) is 3.13. The molecule has 0 saturated heterocycles. The number of fused-ring (bicyclic) bond motifs is 2. The van der Waals surface area contributed by atoms with E-state index in [0.29, 0.717) is 17.2 Å². The molecule has 5 rings (SSSR count). The fourth-order valence-electron chi connectivity index (χ4n) is 3.13. The number of H-pyrrole nitrogens is 1. The zero-order valence-corrected chi connectivity index (χ0v) is 13.5. The summed E-state index contributed by atoms with van der Waals surface area (Å²) in [5.74, 6) is -0.421. The number of rotatable bonds is 2. The van der Waals surface area contributed by atoms with E-state index in [2.05, 4.69) is 15.1 Å². The van der Waals surface area contributed by atoms with E-state index in [-0.39, 0.29) is 5.75 Å². The molecule has 0 aliphatic rings. The number of para-hydroxylation sites is 3. The highest BCUT2D eigenvalue weighted by molar-refractivity contribution is 5.94. The lowest BCUT2D eigenvalue weighted by Gasteiger charge is -2.04. The van der Waals surface area contributed by atoms with Crippen molar-refractivity contribution >= 4 is 21.9 Å². The second-order valence-electron chi connectivity index (χ2n) is 6.02. The maximum Gasteiger partial charge on any atom is 0.166 e. The van der Waals surface area contributed by atoms with Crippen LogP contribution in [0, 0.1) is 5.82 Å². The number of nitrogens with one attached hydrogen (secondary N) is 1. The van der Waals surface area contributed by atoms with Crippen molar-refractivity contribution in [2.24, 2.45) is 0 Å². The first-order valence-electron chi connectivity index (χ1n) is 8.12. The van der Waals surface area contributed by atoms with Crippen LogP contribution in [0.25, 0.3) is 39.1 Å². The number of halogens is 1. The molecule has 5 nitrogen and oxygen atoms in total. The van der Waals surface area contributed by atoms with Gasteiger partial charge in [-0.25, -0.2) is 14.1 Å². The zero-order valence-electron chi connectivity index (χ0n) is 13.5. The summed E-state index contributed by atoms with van der Waals surface area (Å²) < 4.78 is 15.5. The van der Waals surface area contributed by atoms with Crippen molar-refractivity contribution in [2.45, 2.75) is 0 Å². The van der Waals surface area contributed by atoms with Crippen molar-refractivity contribution in [3.63, 3.8) is 0 Å². The van der Waals surface area contributed by atoms with E-state index in [1.165, 1.54) is 12.1 Å². The predicted molar refractivity (Wildman–Crippen MR) is 97.8 cm³/mol. The first kappa shape index (κ1) is 14.7. The summed E-state index contributed by atoms with van der Waals surface area (Å²) in [6.07, 6.45) is 0. The number of hydrogen-bond donors (Lipinski definition) is 2. The summed E-state index contributed by atoms with van der Waals surface area (Å²) in [5, 5.41) is 15.0. The van der Waals surface area contributed by atoms with Gasteiger partial charge >= 0.3 is 0 Å². The number of imidazole rings is 1. The highest BCUT2D eigenvalue weighted by atomic mass is 19.1.